The summed E-state index contributed by atoms with van der Waals surface area (Å²) in [4.78, 5) is 24.2. The molecule has 2 aromatic carbocycles. The summed E-state index contributed by atoms with van der Waals surface area (Å²) in [6.07, 6.45) is 1.42. The van der Waals surface area contributed by atoms with Gasteiger partial charge in [0.15, 0.2) is 0 Å². The summed E-state index contributed by atoms with van der Waals surface area (Å²) in [5.41, 5.74) is 2.44. The monoisotopic (exact) mass is 354 g/mol. The molecule has 0 spiro atoms. The largest absolute Gasteiger partial charge is 0.497 e. The second-order valence-electron chi connectivity index (χ2n) is 6.37. The summed E-state index contributed by atoms with van der Waals surface area (Å²) in [7, 11) is 3.20. The molecule has 0 saturated carbocycles. The Morgan fingerprint density at radius 2 is 1.58 bits per heavy atom. The van der Waals surface area contributed by atoms with Gasteiger partial charge in [-0.05, 0) is 35.4 Å². The normalized spacial score (nSPS) is 14.4. The van der Waals surface area contributed by atoms with Gasteiger partial charge in [0.2, 0.25) is 0 Å². The van der Waals surface area contributed by atoms with E-state index >= 15 is 0 Å². The first-order chi connectivity index (χ1) is 12.5. The van der Waals surface area contributed by atoms with E-state index < -0.39 is 17.4 Å². The third kappa shape index (κ3) is 3.86. The van der Waals surface area contributed by atoms with Crippen LogP contribution in [0.2, 0.25) is 0 Å². The van der Waals surface area contributed by atoms with Crippen molar-refractivity contribution >= 4 is 17.5 Å². The summed E-state index contributed by atoms with van der Waals surface area (Å²) >= 11 is 0. The number of carbonyl (C=O) groups is 2. The minimum Gasteiger partial charge on any atom is -0.497 e. The molecule has 2 aromatic rings. The van der Waals surface area contributed by atoms with Crippen molar-refractivity contribution in [3.8, 4) is 5.75 Å². The highest BCUT2D eigenvalue weighted by atomic mass is 16.5. The van der Waals surface area contributed by atoms with Gasteiger partial charge >= 0.3 is 11.8 Å². The third-order valence-corrected chi connectivity index (χ3v) is 4.70. The van der Waals surface area contributed by atoms with Gasteiger partial charge in [-0.1, -0.05) is 24.3 Å². The highest BCUT2D eigenvalue weighted by Crippen LogP contribution is 2.32. The van der Waals surface area contributed by atoms with Crippen molar-refractivity contribution in [1.29, 1.82) is 0 Å². The molecule has 136 valence electrons. The average Bonchev–Trinajstić information content (AvgIpc) is 3.06. The Labute approximate surface area is 152 Å². The number of carbonyl (C=O) groups excluding carboxylic acids is 2. The predicted octanol–water partition coefficient (Wildman–Crippen LogP) is 1.93. The van der Waals surface area contributed by atoms with Crippen molar-refractivity contribution in [3.05, 3.63) is 59.7 Å². The van der Waals surface area contributed by atoms with Gasteiger partial charge in [0.05, 0.1) is 12.7 Å². The van der Waals surface area contributed by atoms with E-state index in [0.29, 0.717) is 24.3 Å². The van der Waals surface area contributed by atoms with Crippen LogP contribution in [0.3, 0.4) is 0 Å². The number of methoxy groups -OCH3 is 2. The van der Waals surface area contributed by atoms with Gasteiger partial charge in [0.25, 0.3) is 0 Å². The van der Waals surface area contributed by atoms with Crippen molar-refractivity contribution in [3.63, 3.8) is 0 Å². The number of hydrogen-bond acceptors (Lipinski definition) is 4. The standard InChI is InChI=1S/C20H22N2O4/c1-25-17-9-7-16(8-10-17)22-19(24)18(23)21-13-20(26-2)11-14-5-3-4-6-15(14)12-20/h3-10H,11-13H2,1-2H3,(H,21,23)(H,22,24). The first-order valence-corrected chi connectivity index (χ1v) is 8.40. The van der Waals surface area contributed by atoms with E-state index in [4.69, 9.17) is 9.47 Å². The van der Waals surface area contributed by atoms with Crippen LogP contribution >= 0.6 is 0 Å². The molecule has 2 N–H and O–H groups in total. The summed E-state index contributed by atoms with van der Waals surface area (Å²) in [5.74, 6) is -0.722. The number of fused-ring (bicyclic) bond motifs is 1. The second-order valence-corrected chi connectivity index (χ2v) is 6.37. The van der Waals surface area contributed by atoms with Gasteiger partial charge in [-0.3, -0.25) is 9.59 Å². The Balaban J connectivity index is 1.56. The van der Waals surface area contributed by atoms with Gasteiger partial charge < -0.3 is 20.1 Å². The molecular formula is C20H22N2O4. The van der Waals surface area contributed by atoms with Crippen LogP contribution < -0.4 is 15.4 Å². The third-order valence-electron chi connectivity index (χ3n) is 4.70. The molecule has 2 amide bonds. The zero-order valence-electron chi connectivity index (χ0n) is 14.9. The molecule has 0 fully saturated rings. The molecule has 6 nitrogen and oxygen atoms in total. The Morgan fingerprint density at radius 1 is 0.962 bits per heavy atom. The summed E-state index contributed by atoms with van der Waals surface area (Å²) in [5, 5.41) is 5.26. The number of rotatable bonds is 5. The maximum Gasteiger partial charge on any atom is 0.313 e. The Kier molecular flexibility index (Phi) is 5.23. The predicted molar refractivity (Wildman–Crippen MR) is 98.2 cm³/mol. The molecule has 0 aliphatic heterocycles. The highest BCUT2D eigenvalue weighted by molar-refractivity contribution is 6.39. The summed E-state index contributed by atoms with van der Waals surface area (Å²) in [6.45, 7) is 0.271. The van der Waals surface area contributed by atoms with E-state index in [1.54, 1.807) is 38.5 Å². The Bertz CT molecular complexity index is 777. The molecule has 1 aliphatic carbocycles. The molecule has 0 heterocycles. The zero-order chi connectivity index (χ0) is 18.6. The Hall–Kier alpha value is -2.86. The maximum absolute atomic E-state index is 12.2. The van der Waals surface area contributed by atoms with E-state index in [1.807, 2.05) is 12.1 Å². The van der Waals surface area contributed by atoms with Gasteiger partial charge in [0, 0.05) is 32.2 Å². The van der Waals surface area contributed by atoms with Crippen LogP contribution in [0.25, 0.3) is 0 Å². The fraction of sp³-hybridized carbons (Fsp3) is 0.300. The molecule has 0 atom stereocenters. The number of hydrogen-bond donors (Lipinski definition) is 2. The van der Waals surface area contributed by atoms with E-state index in [0.717, 1.165) is 0 Å². The lowest BCUT2D eigenvalue weighted by molar-refractivity contribution is -0.137. The van der Waals surface area contributed by atoms with Crippen LogP contribution in [0.1, 0.15) is 11.1 Å². The summed E-state index contributed by atoms with van der Waals surface area (Å²) < 4.78 is 10.8. The minimum atomic E-state index is -0.711. The quantitative estimate of drug-likeness (QED) is 0.805. The average molecular weight is 354 g/mol. The van der Waals surface area contributed by atoms with E-state index in [1.165, 1.54) is 11.1 Å². The fourth-order valence-corrected chi connectivity index (χ4v) is 3.18. The van der Waals surface area contributed by atoms with E-state index in [9.17, 15) is 9.59 Å². The van der Waals surface area contributed by atoms with Gasteiger partial charge in [0.1, 0.15) is 5.75 Å². The second kappa shape index (κ2) is 7.58. The van der Waals surface area contributed by atoms with Crippen molar-refractivity contribution in [2.45, 2.75) is 18.4 Å². The maximum atomic E-state index is 12.2. The van der Waals surface area contributed by atoms with E-state index in [2.05, 4.69) is 22.8 Å². The molecule has 6 heteroatoms. The smallest absolute Gasteiger partial charge is 0.313 e. The van der Waals surface area contributed by atoms with Crippen LogP contribution in [0.5, 0.6) is 5.75 Å². The number of ether oxygens (including phenoxy) is 2. The van der Waals surface area contributed by atoms with Crippen LogP contribution in [-0.4, -0.2) is 38.2 Å². The lowest BCUT2D eigenvalue weighted by Gasteiger charge is -2.27. The van der Waals surface area contributed by atoms with Crippen LogP contribution in [0.15, 0.2) is 48.5 Å². The molecule has 0 aromatic heterocycles. The van der Waals surface area contributed by atoms with Gasteiger partial charge in [-0.15, -0.1) is 0 Å². The van der Waals surface area contributed by atoms with Crippen LogP contribution in [0.4, 0.5) is 5.69 Å². The van der Waals surface area contributed by atoms with Gasteiger partial charge in [-0.2, -0.15) is 0 Å². The highest BCUT2D eigenvalue weighted by Gasteiger charge is 2.37. The van der Waals surface area contributed by atoms with Crippen LogP contribution in [0, 0.1) is 0 Å². The molecule has 0 radical (unpaired) electrons. The first-order valence-electron chi connectivity index (χ1n) is 8.40. The molecule has 0 saturated heterocycles. The number of amides is 2. The number of benzene rings is 2. The van der Waals surface area contributed by atoms with Crippen LogP contribution in [-0.2, 0) is 27.2 Å². The van der Waals surface area contributed by atoms with Crippen molar-refractivity contribution in [1.82, 2.24) is 5.32 Å². The number of anilines is 1. The lowest BCUT2D eigenvalue weighted by atomic mass is 10.00. The Morgan fingerprint density at radius 3 is 2.12 bits per heavy atom. The molecule has 3 rings (SSSR count). The lowest BCUT2D eigenvalue weighted by Crippen LogP contribution is -2.48. The SMILES string of the molecule is COc1ccc(NC(=O)C(=O)NCC2(OC)Cc3ccccc3C2)cc1. The van der Waals surface area contributed by atoms with Crippen molar-refractivity contribution in [2.75, 3.05) is 26.1 Å². The van der Waals surface area contributed by atoms with E-state index in [-0.39, 0.29) is 6.54 Å². The molecular weight excluding hydrogens is 332 g/mol. The molecule has 0 bridgehead atoms. The molecule has 0 unspecified atom stereocenters. The zero-order valence-corrected chi connectivity index (χ0v) is 14.9. The molecule has 26 heavy (non-hydrogen) atoms. The first kappa shape index (κ1) is 17.9. The van der Waals surface area contributed by atoms with Crippen molar-refractivity contribution in [2.24, 2.45) is 0 Å². The van der Waals surface area contributed by atoms with Crippen molar-refractivity contribution < 1.29 is 19.1 Å². The fourth-order valence-electron chi connectivity index (χ4n) is 3.18. The van der Waals surface area contributed by atoms with Gasteiger partial charge in [-0.25, -0.2) is 0 Å². The number of nitrogens with one attached hydrogen (secondary N) is 2. The summed E-state index contributed by atoms with van der Waals surface area (Å²) in [6, 6.07) is 14.9. The molecule has 1 aliphatic rings. The minimum absolute atomic E-state index is 0.271. The topological polar surface area (TPSA) is 76.7 Å².